The van der Waals surface area contributed by atoms with Crippen molar-refractivity contribution in [1.29, 1.82) is 0 Å². The molecule has 2 aliphatic rings. The molecule has 0 N–H and O–H groups in total. The molecule has 1 aromatic carbocycles. The third kappa shape index (κ3) is 3.57. The van der Waals surface area contributed by atoms with E-state index >= 15 is 0 Å². The van der Waals surface area contributed by atoms with Crippen LogP contribution in [0.1, 0.15) is 39.0 Å². The Kier molecular flexibility index (Phi) is 4.79. The van der Waals surface area contributed by atoms with Gasteiger partial charge in [-0.2, -0.15) is 0 Å². The fourth-order valence-electron chi connectivity index (χ4n) is 3.92. The molecule has 1 aromatic rings. The lowest BCUT2D eigenvalue weighted by Crippen LogP contribution is -2.51. The first kappa shape index (κ1) is 14.8. The Hall–Kier alpha value is -1.09. The molecule has 2 fully saturated rings. The van der Waals surface area contributed by atoms with E-state index in [2.05, 4.69) is 16.7 Å². The summed E-state index contributed by atoms with van der Waals surface area (Å²) in [5.74, 6) is 0.826. The van der Waals surface area contributed by atoms with Gasteiger partial charge in [0, 0.05) is 37.9 Å². The number of rotatable bonds is 3. The third-order valence-electron chi connectivity index (χ3n) is 5.42. The van der Waals surface area contributed by atoms with Crippen LogP contribution in [0.3, 0.4) is 0 Å². The van der Waals surface area contributed by atoms with E-state index in [4.69, 9.17) is 0 Å². The quantitative estimate of drug-likeness (QED) is 0.832. The van der Waals surface area contributed by atoms with Gasteiger partial charge in [0.15, 0.2) is 0 Å². The number of nitrogens with zero attached hydrogens (tertiary/aromatic N) is 2. The topological polar surface area (TPSA) is 6.48 Å². The molecule has 0 unspecified atom stereocenters. The van der Waals surface area contributed by atoms with Crippen LogP contribution in [0.5, 0.6) is 0 Å². The Morgan fingerprint density at radius 1 is 0.952 bits per heavy atom. The minimum absolute atomic E-state index is 0.148. The maximum absolute atomic E-state index is 13.0. The van der Waals surface area contributed by atoms with Crippen molar-refractivity contribution in [3.8, 4) is 0 Å². The van der Waals surface area contributed by atoms with Crippen LogP contribution in [-0.4, -0.2) is 37.1 Å². The Morgan fingerprint density at radius 2 is 1.57 bits per heavy atom. The normalized spacial score (nSPS) is 27.8. The summed E-state index contributed by atoms with van der Waals surface area (Å²) in [5.41, 5.74) is 1.16. The maximum atomic E-state index is 13.0. The van der Waals surface area contributed by atoms with Crippen LogP contribution < -0.4 is 4.90 Å². The van der Waals surface area contributed by atoms with Crippen molar-refractivity contribution in [1.82, 2.24) is 4.90 Å². The molecule has 0 atom stereocenters. The highest BCUT2D eigenvalue weighted by Crippen LogP contribution is 2.30. The Labute approximate surface area is 127 Å². The van der Waals surface area contributed by atoms with Gasteiger partial charge in [-0.15, -0.1) is 0 Å². The summed E-state index contributed by atoms with van der Waals surface area (Å²) in [6.07, 6.45) is 6.95. The van der Waals surface area contributed by atoms with E-state index < -0.39 is 0 Å². The van der Waals surface area contributed by atoms with E-state index in [0.717, 1.165) is 43.8 Å². The van der Waals surface area contributed by atoms with Crippen LogP contribution in [0.25, 0.3) is 0 Å². The minimum Gasteiger partial charge on any atom is -0.369 e. The molecule has 2 nitrogen and oxygen atoms in total. The van der Waals surface area contributed by atoms with E-state index in [1.807, 2.05) is 12.1 Å². The van der Waals surface area contributed by atoms with Gasteiger partial charge in [0.25, 0.3) is 0 Å². The first-order valence-corrected chi connectivity index (χ1v) is 8.51. The number of hydrogen-bond donors (Lipinski definition) is 0. The standard InChI is InChI=1S/C18H27FN2/c1-2-15-3-7-17(8-4-15)20-11-13-21(14-12-20)18-9-5-16(19)6-10-18/h5-6,9-10,15,17H,2-4,7-8,11-14H2,1H3/t15-,17-. The Bertz CT molecular complexity index is 429. The molecule has 0 bridgehead atoms. The molecule has 0 spiro atoms. The van der Waals surface area contributed by atoms with Gasteiger partial charge in [0.05, 0.1) is 0 Å². The van der Waals surface area contributed by atoms with Crippen molar-refractivity contribution in [3.63, 3.8) is 0 Å². The van der Waals surface area contributed by atoms with Crippen LogP contribution >= 0.6 is 0 Å². The molecule has 0 amide bonds. The zero-order valence-corrected chi connectivity index (χ0v) is 13.1. The lowest BCUT2D eigenvalue weighted by molar-refractivity contribution is 0.128. The molecule has 1 saturated carbocycles. The second kappa shape index (κ2) is 6.78. The smallest absolute Gasteiger partial charge is 0.123 e. The minimum atomic E-state index is -0.148. The number of hydrogen-bond acceptors (Lipinski definition) is 2. The lowest BCUT2D eigenvalue weighted by Gasteiger charge is -2.42. The molecule has 1 aliphatic heterocycles. The van der Waals surface area contributed by atoms with Crippen LogP contribution in [0, 0.1) is 11.7 Å². The van der Waals surface area contributed by atoms with E-state index in [1.54, 1.807) is 12.1 Å². The lowest BCUT2D eigenvalue weighted by atomic mass is 9.84. The number of halogens is 1. The van der Waals surface area contributed by atoms with Crippen molar-refractivity contribution in [2.75, 3.05) is 31.1 Å². The average molecular weight is 290 g/mol. The number of piperazine rings is 1. The molecule has 1 saturated heterocycles. The van der Waals surface area contributed by atoms with Crippen molar-refractivity contribution < 1.29 is 4.39 Å². The van der Waals surface area contributed by atoms with Gasteiger partial charge in [-0.3, -0.25) is 4.90 Å². The van der Waals surface area contributed by atoms with Crippen molar-refractivity contribution in [2.24, 2.45) is 5.92 Å². The highest BCUT2D eigenvalue weighted by atomic mass is 19.1. The van der Waals surface area contributed by atoms with Crippen LogP contribution in [0.4, 0.5) is 10.1 Å². The third-order valence-corrected chi connectivity index (χ3v) is 5.42. The molecule has 0 aromatic heterocycles. The van der Waals surface area contributed by atoms with E-state index in [-0.39, 0.29) is 5.82 Å². The molecule has 3 rings (SSSR count). The number of benzene rings is 1. The summed E-state index contributed by atoms with van der Waals surface area (Å²) < 4.78 is 13.0. The van der Waals surface area contributed by atoms with E-state index in [1.165, 1.54) is 32.1 Å². The number of anilines is 1. The molecule has 21 heavy (non-hydrogen) atoms. The molecule has 116 valence electrons. The monoisotopic (exact) mass is 290 g/mol. The summed E-state index contributed by atoms with van der Waals surface area (Å²) in [7, 11) is 0. The van der Waals surface area contributed by atoms with Gasteiger partial charge in [-0.25, -0.2) is 4.39 Å². The van der Waals surface area contributed by atoms with Crippen LogP contribution in [-0.2, 0) is 0 Å². The maximum Gasteiger partial charge on any atom is 0.123 e. The highest BCUT2D eigenvalue weighted by Gasteiger charge is 2.27. The fourth-order valence-corrected chi connectivity index (χ4v) is 3.92. The first-order chi connectivity index (χ1) is 10.3. The largest absolute Gasteiger partial charge is 0.369 e. The van der Waals surface area contributed by atoms with Gasteiger partial charge in [0.1, 0.15) is 5.82 Å². The molecular weight excluding hydrogens is 263 g/mol. The second-order valence-electron chi connectivity index (χ2n) is 6.58. The zero-order valence-electron chi connectivity index (χ0n) is 13.1. The summed E-state index contributed by atoms with van der Waals surface area (Å²) >= 11 is 0. The van der Waals surface area contributed by atoms with Crippen LogP contribution in [0.2, 0.25) is 0 Å². The summed E-state index contributed by atoms with van der Waals surface area (Å²) in [5, 5.41) is 0. The Balaban J connectivity index is 1.50. The predicted molar refractivity (Wildman–Crippen MR) is 86.2 cm³/mol. The van der Waals surface area contributed by atoms with E-state index in [9.17, 15) is 4.39 Å². The van der Waals surface area contributed by atoms with Crippen molar-refractivity contribution >= 4 is 5.69 Å². The van der Waals surface area contributed by atoms with Crippen molar-refractivity contribution in [3.05, 3.63) is 30.1 Å². The van der Waals surface area contributed by atoms with Gasteiger partial charge in [0.2, 0.25) is 0 Å². The van der Waals surface area contributed by atoms with Gasteiger partial charge < -0.3 is 4.90 Å². The van der Waals surface area contributed by atoms with E-state index in [0.29, 0.717) is 0 Å². The molecule has 1 heterocycles. The van der Waals surface area contributed by atoms with Gasteiger partial charge in [-0.1, -0.05) is 13.3 Å². The second-order valence-corrected chi connectivity index (χ2v) is 6.58. The fraction of sp³-hybridized carbons (Fsp3) is 0.667. The highest BCUT2D eigenvalue weighted by molar-refractivity contribution is 5.46. The van der Waals surface area contributed by atoms with Gasteiger partial charge >= 0.3 is 0 Å². The SMILES string of the molecule is CC[C@H]1CC[C@H](N2CCN(c3ccc(F)cc3)CC2)CC1. The molecule has 3 heteroatoms. The summed E-state index contributed by atoms with van der Waals surface area (Å²) in [4.78, 5) is 5.07. The predicted octanol–water partition coefficient (Wildman–Crippen LogP) is 3.92. The molecular formula is C18H27FN2. The summed E-state index contributed by atoms with van der Waals surface area (Å²) in [6.45, 7) is 6.77. The first-order valence-electron chi connectivity index (χ1n) is 8.51. The average Bonchev–Trinajstić information content (AvgIpc) is 2.56. The molecule has 0 radical (unpaired) electrons. The Morgan fingerprint density at radius 3 is 2.14 bits per heavy atom. The van der Waals surface area contributed by atoms with Gasteiger partial charge in [-0.05, 0) is 55.9 Å². The summed E-state index contributed by atoms with van der Waals surface area (Å²) in [6, 6.07) is 7.74. The molecule has 1 aliphatic carbocycles. The van der Waals surface area contributed by atoms with Crippen molar-refractivity contribution in [2.45, 2.75) is 45.1 Å². The van der Waals surface area contributed by atoms with Crippen LogP contribution in [0.15, 0.2) is 24.3 Å². The zero-order chi connectivity index (χ0) is 14.7.